The lowest BCUT2D eigenvalue weighted by molar-refractivity contribution is 0.377. The molecule has 0 aliphatic carbocycles. The second-order valence-corrected chi connectivity index (χ2v) is 3.35. The lowest BCUT2D eigenvalue weighted by atomic mass is 10.3. The Bertz CT molecular complexity index is 477. The van der Waals surface area contributed by atoms with Crippen LogP contribution in [0.5, 0.6) is 23.0 Å². The van der Waals surface area contributed by atoms with Crippen LogP contribution in [0.3, 0.4) is 0 Å². The number of para-hydroxylation sites is 1. The molecule has 0 N–H and O–H groups in total. The Morgan fingerprint density at radius 3 is 2.24 bits per heavy atom. The van der Waals surface area contributed by atoms with Crippen LogP contribution in [0.15, 0.2) is 42.5 Å². The van der Waals surface area contributed by atoms with E-state index in [1.807, 2.05) is 36.4 Å². The monoisotopic (exact) mass is 229 g/mol. The van der Waals surface area contributed by atoms with Gasteiger partial charge < -0.3 is 14.2 Å². The van der Waals surface area contributed by atoms with Crippen LogP contribution in [-0.4, -0.2) is 14.2 Å². The zero-order chi connectivity index (χ0) is 12.1. The Kier molecular flexibility index (Phi) is 3.50. The van der Waals surface area contributed by atoms with E-state index in [0.29, 0.717) is 11.5 Å². The van der Waals surface area contributed by atoms with E-state index in [4.69, 9.17) is 14.2 Å². The topological polar surface area (TPSA) is 27.7 Å². The molecule has 0 saturated heterocycles. The van der Waals surface area contributed by atoms with Gasteiger partial charge in [-0.1, -0.05) is 12.1 Å². The first-order chi connectivity index (χ1) is 8.33. The second-order valence-electron chi connectivity index (χ2n) is 3.35. The highest BCUT2D eigenvalue weighted by Gasteiger charge is 2.04. The van der Waals surface area contributed by atoms with Crippen molar-refractivity contribution in [1.82, 2.24) is 0 Å². The molecule has 0 aromatic heterocycles. The maximum absolute atomic E-state index is 5.69. The van der Waals surface area contributed by atoms with Crippen molar-refractivity contribution in [2.24, 2.45) is 0 Å². The molecule has 2 aromatic rings. The van der Waals surface area contributed by atoms with Gasteiger partial charge in [0.15, 0.2) is 11.5 Å². The number of methoxy groups -OCH3 is 2. The Morgan fingerprint density at radius 1 is 0.882 bits per heavy atom. The molecular weight excluding hydrogens is 216 g/mol. The molecule has 0 saturated carbocycles. The third-order valence-electron chi connectivity index (χ3n) is 2.27. The van der Waals surface area contributed by atoms with Crippen molar-refractivity contribution in [1.29, 1.82) is 0 Å². The molecule has 0 unspecified atom stereocenters. The third-order valence-corrected chi connectivity index (χ3v) is 2.27. The molecule has 0 aliphatic heterocycles. The summed E-state index contributed by atoms with van der Waals surface area (Å²) in [5.74, 6) is 2.75. The summed E-state index contributed by atoms with van der Waals surface area (Å²) in [6.07, 6.45) is 0. The summed E-state index contributed by atoms with van der Waals surface area (Å²) in [4.78, 5) is 0. The summed E-state index contributed by atoms with van der Waals surface area (Å²) in [7, 11) is 3.22. The first kappa shape index (κ1) is 11.3. The number of hydrogen-bond donors (Lipinski definition) is 0. The van der Waals surface area contributed by atoms with E-state index in [0.717, 1.165) is 11.5 Å². The second kappa shape index (κ2) is 5.25. The maximum atomic E-state index is 5.69. The Hall–Kier alpha value is -2.16. The van der Waals surface area contributed by atoms with Crippen LogP contribution in [0.1, 0.15) is 0 Å². The number of ether oxygens (including phenoxy) is 3. The molecule has 3 nitrogen and oxygen atoms in total. The first-order valence-electron chi connectivity index (χ1n) is 5.20. The number of rotatable bonds is 4. The fourth-order valence-corrected chi connectivity index (χ4v) is 1.42. The van der Waals surface area contributed by atoms with Crippen molar-refractivity contribution in [3.05, 3.63) is 48.5 Å². The first-order valence-corrected chi connectivity index (χ1v) is 5.20. The Balaban J connectivity index is 2.19. The zero-order valence-corrected chi connectivity index (χ0v) is 9.77. The molecule has 0 heterocycles. The molecular formula is C14H13O3. The zero-order valence-electron chi connectivity index (χ0n) is 9.77. The quantitative estimate of drug-likeness (QED) is 0.805. The molecule has 1 radical (unpaired) electrons. The van der Waals surface area contributed by atoms with Crippen LogP contribution in [-0.2, 0) is 0 Å². The minimum atomic E-state index is 0.586. The molecule has 0 amide bonds. The van der Waals surface area contributed by atoms with Crippen LogP contribution in [0.25, 0.3) is 0 Å². The van der Waals surface area contributed by atoms with Crippen molar-refractivity contribution in [3.8, 4) is 23.0 Å². The van der Waals surface area contributed by atoms with Gasteiger partial charge in [0, 0.05) is 6.07 Å². The van der Waals surface area contributed by atoms with Crippen LogP contribution in [0.2, 0.25) is 0 Å². The van der Waals surface area contributed by atoms with Gasteiger partial charge in [-0.25, -0.2) is 0 Å². The van der Waals surface area contributed by atoms with Crippen molar-refractivity contribution in [2.45, 2.75) is 0 Å². The standard InChI is InChI=1S/C14H13O3/c1-15-11-7-9-12(10-8-11)17-14-6-4-3-5-13(14)16-2/h3-4,6-10H,1-2H3. The molecule has 0 spiro atoms. The van der Waals surface area contributed by atoms with Crippen LogP contribution in [0.4, 0.5) is 0 Å². The molecule has 87 valence electrons. The minimum absolute atomic E-state index is 0.586. The minimum Gasteiger partial charge on any atom is -0.497 e. The summed E-state index contributed by atoms with van der Waals surface area (Å²) >= 11 is 0. The van der Waals surface area contributed by atoms with Gasteiger partial charge in [0.05, 0.1) is 14.2 Å². The summed E-state index contributed by atoms with van der Waals surface area (Å²) in [5, 5.41) is 0. The van der Waals surface area contributed by atoms with E-state index in [-0.39, 0.29) is 0 Å². The lowest BCUT2D eigenvalue weighted by Crippen LogP contribution is -1.90. The Morgan fingerprint density at radius 2 is 1.59 bits per heavy atom. The van der Waals surface area contributed by atoms with Crippen molar-refractivity contribution in [2.75, 3.05) is 14.2 Å². The lowest BCUT2D eigenvalue weighted by Gasteiger charge is -2.09. The van der Waals surface area contributed by atoms with Crippen molar-refractivity contribution < 1.29 is 14.2 Å². The molecule has 0 atom stereocenters. The summed E-state index contributed by atoms with van der Waals surface area (Å²) in [6, 6.07) is 15.8. The maximum Gasteiger partial charge on any atom is 0.169 e. The van der Waals surface area contributed by atoms with Gasteiger partial charge in [-0.3, -0.25) is 0 Å². The van der Waals surface area contributed by atoms with Gasteiger partial charge in [-0.15, -0.1) is 0 Å². The Labute approximate surface area is 101 Å². The van der Waals surface area contributed by atoms with E-state index in [1.165, 1.54) is 0 Å². The van der Waals surface area contributed by atoms with Crippen LogP contribution in [0, 0.1) is 6.07 Å². The largest absolute Gasteiger partial charge is 0.497 e. The molecule has 0 aliphatic rings. The van der Waals surface area contributed by atoms with Crippen LogP contribution >= 0.6 is 0 Å². The van der Waals surface area contributed by atoms with E-state index in [1.54, 1.807) is 20.3 Å². The van der Waals surface area contributed by atoms with Gasteiger partial charge >= 0.3 is 0 Å². The SMILES string of the molecule is COc1ccc(Oc2ccc[c]c2OC)cc1. The van der Waals surface area contributed by atoms with Crippen molar-refractivity contribution in [3.63, 3.8) is 0 Å². The van der Waals surface area contributed by atoms with Gasteiger partial charge in [-0.2, -0.15) is 0 Å². The number of benzene rings is 2. The average Bonchev–Trinajstić information content (AvgIpc) is 2.40. The molecule has 2 rings (SSSR count). The van der Waals surface area contributed by atoms with Crippen LogP contribution < -0.4 is 14.2 Å². The molecule has 0 bridgehead atoms. The molecule has 2 aromatic carbocycles. The van der Waals surface area contributed by atoms with Crippen molar-refractivity contribution >= 4 is 0 Å². The summed E-state index contributed by atoms with van der Waals surface area (Å²) in [6.45, 7) is 0. The average molecular weight is 229 g/mol. The normalized spacial score (nSPS) is 9.76. The third kappa shape index (κ3) is 2.69. The highest BCUT2D eigenvalue weighted by Crippen LogP contribution is 2.31. The predicted octanol–water partition coefficient (Wildman–Crippen LogP) is 3.30. The van der Waals surface area contributed by atoms with E-state index >= 15 is 0 Å². The molecule has 3 heteroatoms. The van der Waals surface area contributed by atoms with Gasteiger partial charge in [-0.05, 0) is 30.3 Å². The predicted molar refractivity (Wildman–Crippen MR) is 64.9 cm³/mol. The van der Waals surface area contributed by atoms with E-state index in [2.05, 4.69) is 6.07 Å². The van der Waals surface area contributed by atoms with Gasteiger partial charge in [0.1, 0.15) is 11.5 Å². The number of hydrogen-bond acceptors (Lipinski definition) is 3. The fraction of sp³-hybridized carbons (Fsp3) is 0.143. The summed E-state index contributed by atoms with van der Waals surface area (Å²) in [5.41, 5.74) is 0. The summed E-state index contributed by atoms with van der Waals surface area (Å²) < 4.78 is 15.9. The van der Waals surface area contributed by atoms with Gasteiger partial charge in [0.25, 0.3) is 0 Å². The molecule has 0 fully saturated rings. The smallest absolute Gasteiger partial charge is 0.169 e. The fourth-order valence-electron chi connectivity index (χ4n) is 1.42. The van der Waals surface area contributed by atoms with E-state index < -0.39 is 0 Å². The van der Waals surface area contributed by atoms with Gasteiger partial charge in [0.2, 0.25) is 0 Å². The highest BCUT2D eigenvalue weighted by atomic mass is 16.5. The molecule has 17 heavy (non-hydrogen) atoms. The van der Waals surface area contributed by atoms with E-state index in [9.17, 15) is 0 Å². The highest BCUT2D eigenvalue weighted by molar-refractivity contribution is 5.42.